The topological polar surface area (TPSA) is 89.3 Å². The van der Waals surface area contributed by atoms with Crippen molar-refractivity contribution in [3.8, 4) is 5.75 Å². The van der Waals surface area contributed by atoms with Gasteiger partial charge >= 0.3 is 0 Å². The van der Waals surface area contributed by atoms with Gasteiger partial charge < -0.3 is 21.1 Å². The SMILES string of the molecule is COc1ccc(NC(=O)c2cccnc2NC(C)C)cc1N.Cl.Cl. The molecular formula is C16H22Cl2N4O2. The zero-order chi connectivity index (χ0) is 16.1. The Morgan fingerprint density at radius 2 is 1.96 bits per heavy atom. The van der Waals surface area contributed by atoms with Gasteiger partial charge in [-0.05, 0) is 44.2 Å². The number of pyridine rings is 1. The van der Waals surface area contributed by atoms with Crippen LogP contribution in [0.15, 0.2) is 36.5 Å². The summed E-state index contributed by atoms with van der Waals surface area (Å²) < 4.78 is 5.09. The molecule has 0 saturated heterocycles. The molecule has 0 aliphatic rings. The van der Waals surface area contributed by atoms with Crippen LogP contribution in [-0.4, -0.2) is 24.0 Å². The van der Waals surface area contributed by atoms with Crippen molar-refractivity contribution in [2.75, 3.05) is 23.5 Å². The molecule has 0 saturated carbocycles. The largest absolute Gasteiger partial charge is 0.495 e. The minimum absolute atomic E-state index is 0. The van der Waals surface area contributed by atoms with Crippen molar-refractivity contribution in [1.82, 2.24) is 4.98 Å². The summed E-state index contributed by atoms with van der Waals surface area (Å²) in [6.45, 7) is 3.97. The number of carbonyl (C=O) groups is 1. The first kappa shape index (κ1) is 21.8. The van der Waals surface area contributed by atoms with Gasteiger partial charge in [0.2, 0.25) is 0 Å². The van der Waals surface area contributed by atoms with Crippen LogP contribution in [0.1, 0.15) is 24.2 Å². The molecule has 1 aromatic heterocycles. The van der Waals surface area contributed by atoms with Crippen molar-refractivity contribution >= 4 is 47.9 Å². The number of ether oxygens (including phenoxy) is 1. The Morgan fingerprint density at radius 1 is 1.25 bits per heavy atom. The van der Waals surface area contributed by atoms with Crippen LogP contribution in [0.3, 0.4) is 0 Å². The minimum Gasteiger partial charge on any atom is -0.495 e. The van der Waals surface area contributed by atoms with Gasteiger partial charge in [-0.25, -0.2) is 4.98 Å². The molecule has 1 heterocycles. The summed E-state index contributed by atoms with van der Waals surface area (Å²) in [6, 6.07) is 8.73. The van der Waals surface area contributed by atoms with Crippen LogP contribution < -0.4 is 21.1 Å². The molecule has 2 rings (SSSR count). The third-order valence-electron chi connectivity index (χ3n) is 2.97. The van der Waals surface area contributed by atoms with Crippen LogP contribution in [0.4, 0.5) is 17.2 Å². The van der Waals surface area contributed by atoms with Crippen LogP contribution in [0, 0.1) is 0 Å². The summed E-state index contributed by atoms with van der Waals surface area (Å²) in [7, 11) is 1.55. The standard InChI is InChI=1S/C16H20N4O2.2ClH/c1-10(2)19-15-12(5-4-8-18-15)16(21)20-11-6-7-14(22-3)13(17)9-11;;/h4-10H,17H2,1-3H3,(H,18,19)(H,20,21);2*1H. The number of carbonyl (C=O) groups excluding carboxylic acids is 1. The van der Waals surface area contributed by atoms with E-state index in [0.29, 0.717) is 28.5 Å². The first-order valence-corrected chi connectivity index (χ1v) is 6.97. The van der Waals surface area contributed by atoms with E-state index in [9.17, 15) is 4.79 Å². The lowest BCUT2D eigenvalue weighted by Crippen LogP contribution is -2.18. The van der Waals surface area contributed by atoms with E-state index in [0.717, 1.165) is 0 Å². The van der Waals surface area contributed by atoms with Crippen molar-refractivity contribution in [2.45, 2.75) is 19.9 Å². The molecule has 6 nitrogen and oxygen atoms in total. The van der Waals surface area contributed by atoms with E-state index in [2.05, 4.69) is 15.6 Å². The lowest BCUT2D eigenvalue weighted by molar-refractivity contribution is 0.102. The van der Waals surface area contributed by atoms with Gasteiger partial charge in [-0.2, -0.15) is 0 Å². The normalized spacial score (nSPS) is 9.50. The van der Waals surface area contributed by atoms with Crippen LogP contribution in [0.25, 0.3) is 0 Å². The molecule has 2 aromatic rings. The van der Waals surface area contributed by atoms with Gasteiger partial charge in [0, 0.05) is 17.9 Å². The maximum atomic E-state index is 12.4. The molecule has 0 aliphatic heterocycles. The average molecular weight is 373 g/mol. The fraction of sp³-hybridized carbons (Fsp3) is 0.250. The number of nitrogens with one attached hydrogen (secondary N) is 2. The number of nitrogens with two attached hydrogens (primary N) is 1. The molecule has 1 amide bonds. The summed E-state index contributed by atoms with van der Waals surface area (Å²) in [5.41, 5.74) is 7.38. The maximum absolute atomic E-state index is 12.4. The Kier molecular flexibility index (Phi) is 8.95. The Balaban J connectivity index is 0.00000264. The van der Waals surface area contributed by atoms with Gasteiger partial charge in [0.15, 0.2) is 0 Å². The lowest BCUT2D eigenvalue weighted by Gasteiger charge is -2.14. The number of hydrogen-bond donors (Lipinski definition) is 3. The van der Waals surface area contributed by atoms with Gasteiger partial charge in [0.05, 0.1) is 18.4 Å². The van der Waals surface area contributed by atoms with Crippen molar-refractivity contribution < 1.29 is 9.53 Å². The van der Waals surface area contributed by atoms with Crippen LogP contribution in [0.2, 0.25) is 0 Å². The Bertz CT molecular complexity index is 681. The molecule has 0 unspecified atom stereocenters. The quantitative estimate of drug-likeness (QED) is 0.697. The molecule has 0 spiro atoms. The van der Waals surface area contributed by atoms with E-state index in [1.165, 1.54) is 0 Å². The van der Waals surface area contributed by atoms with Crippen molar-refractivity contribution in [3.05, 3.63) is 42.1 Å². The number of halogens is 2. The molecule has 132 valence electrons. The highest BCUT2D eigenvalue weighted by molar-refractivity contribution is 6.07. The zero-order valence-corrected chi connectivity index (χ0v) is 15.3. The number of hydrogen-bond acceptors (Lipinski definition) is 5. The second-order valence-electron chi connectivity index (χ2n) is 5.11. The molecule has 1 aromatic carbocycles. The highest BCUT2D eigenvalue weighted by atomic mass is 35.5. The molecule has 0 radical (unpaired) electrons. The van der Waals surface area contributed by atoms with Crippen molar-refractivity contribution in [1.29, 1.82) is 0 Å². The fourth-order valence-electron chi connectivity index (χ4n) is 1.99. The number of aromatic nitrogens is 1. The second-order valence-corrected chi connectivity index (χ2v) is 5.11. The van der Waals surface area contributed by atoms with Gasteiger partial charge in [0.1, 0.15) is 11.6 Å². The molecular weight excluding hydrogens is 351 g/mol. The number of nitrogens with zero attached hydrogens (tertiary/aromatic N) is 1. The summed E-state index contributed by atoms with van der Waals surface area (Å²) in [5, 5.41) is 5.96. The van der Waals surface area contributed by atoms with E-state index in [1.807, 2.05) is 13.8 Å². The van der Waals surface area contributed by atoms with Crippen LogP contribution in [-0.2, 0) is 0 Å². The van der Waals surface area contributed by atoms with Crippen LogP contribution in [0.5, 0.6) is 5.75 Å². The zero-order valence-electron chi connectivity index (χ0n) is 13.7. The predicted octanol–water partition coefficient (Wildman–Crippen LogP) is 3.59. The smallest absolute Gasteiger partial charge is 0.259 e. The van der Waals surface area contributed by atoms with E-state index in [1.54, 1.807) is 43.6 Å². The van der Waals surface area contributed by atoms with Crippen molar-refractivity contribution in [2.24, 2.45) is 0 Å². The number of anilines is 3. The monoisotopic (exact) mass is 372 g/mol. The Labute approximate surface area is 154 Å². The summed E-state index contributed by atoms with van der Waals surface area (Å²) >= 11 is 0. The molecule has 8 heteroatoms. The highest BCUT2D eigenvalue weighted by Crippen LogP contribution is 2.25. The second kappa shape index (κ2) is 9.85. The number of amides is 1. The van der Waals surface area contributed by atoms with E-state index in [-0.39, 0.29) is 36.8 Å². The van der Waals surface area contributed by atoms with Gasteiger partial charge in [-0.1, -0.05) is 0 Å². The number of rotatable bonds is 5. The Morgan fingerprint density at radius 3 is 2.54 bits per heavy atom. The highest BCUT2D eigenvalue weighted by Gasteiger charge is 2.13. The number of benzene rings is 1. The first-order valence-electron chi connectivity index (χ1n) is 6.97. The molecule has 0 aliphatic carbocycles. The van der Waals surface area contributed by atoms with Crippen molar-refractivity contribution in [3.63, 3.8) is 0 Å². The summed E-state index contributed by atoms with van der Waals surface area (Å²) in [6.07, 6.45) is 1.65. The third kappa shape index (κ3) is 5.47. The first-order chi connectivity index (χ1) is 10.5. The van der Waals surface area contributed by atoms with Gasteiger partial charge in [0.25, 0.3) is 5.91 Å². The third-order valence-corrected chi connectivity index (χ3v) is 2.97. The molecule has 0 bridgehead atoms. The molecule has 0 atom stereocenters. The van der Waals surface area contributed by atoms with Gasteiger partial charge in [-0.3, -0.25) is 4.79 Å². The van der Waals surface area contributed by atoms with Crippen LogP contribution >= 0.6 is 24.8 Å². The lowest BCUT2D eigenvalue weighted by atomic mass is 10.2. The summed E-state index contributed by atoms with van der Waals surface area (Å²) in [4.78, 5) is 16.6. The van der Waals surface area contributed by atoms with E-state index >= 15 is 0 Å². The Hall–Kier alpha value is -2.18. The van der Waals surface area contributed by atoms with E-state index in [4.69, 9.17) is 10.5 Å². The van der Waals surface area contributed by atoms with Gasteiger partial charge in [-0.15, -0.1) is 24.8 Å². The fourth-order valence-corrected chi connectivity index (χ4v) is 1.99. The summed E-state index contributed by atoms with van der Waals surface area (Å²) in [5.74, 6) is 0.874. The maximum Gasteiger partial charge on any atom is 0.259 e. The average Bonchev–Trinajstić information content (AvgIpc) is 2.47. The predicted molar refractivity (Wildman–Crippen MR) is 103 cm³/mol. The van der Waals surface area contributed by atoms with E-state index < -0.39 is 0 Å². The minimum atomic E-state index is -0.249. The molecule has 24 heavy (non-hydrogen) atoms. The number of nitrogen functional groups attached to an aromatic ring is 1. The number of methoxy groups -OCH3 is 1. The molecule has 0 fully saturated rings. The molecule has 4 N–H and O–H groups in total.